The normalized spacial score (nSPS) is 16.3. The van der Waals surface area contributed by atoms with Crippen molar-refractivity contribution in [3.63, 3.8) is 0 Å². The van der Waals surface area contributed by atoms with E-state index in [0.717, 1.165) is 30.6 Å². The monoisotopic (exact) mass is 428 g/mol. The van der Waals surface area contributed by atoms with Crippen LogP contribution in [0.4, 0.5) is 5.69 Å². The minimum Gasteiger partial charge on any atom is -0.494 e. The van der Waals surface area contributed by atoms with Gasteiger partial charge in [0.1, 0.15) is 5.75 Å². The number of ether oxygens (including phenoxy) is 1. The van der Waals surface area contributed by atoms with Crippen LogP contribution < -0.4 is 15.0 Å². The molecule has 0 spiro atoms. The fourth-order valence-corrected chi connectivity index (χ4v) is 3.64. The molecule has 160 valence electrons. The maximum absolute atomic E-state index is 12.8. The van der Waals surface area contributed by atoms with Crippen molar-refractivity contribution in [1.82, 2.24) is 5.32 Å². The number of hydrogen-bond donors (Lipinski definition) is 1. The van der Waals surface area contributed by atoms with Crippen LogP contribution in [-0.2, 0) is 16.0 Å². The molecule has 0 unspecified atom stereocenters. The van der Waals surface area contributed by atoms with Gasteiger partial charge in [0.2, 0.25) is 5.91 Å². The number of imide groups is 1. The molecule has 0 saturated carbocycles. The van der Waals surface area contributed by atoms with Crippen LogP contribution in [0.25, 0.3) is 0 Å². The summed E-state index contributed by atoms with van der Waals surface area (Å²) < 4.78 is 5.74. The third-order valence-electron chi connectivity index (χ3n) is 5.23. The fraction of sp³-hybridized carbons (Fsp3) is 0.417. The zero-order chi connectivity index (χ0) is 21.3. The number of hydrogen-bond acceptors (Lipinski definition) is 4. The lowest BCUT2D eigenvalue weighted by Crippen LogP contribution is -2.39. The van der Waals surface area contributed by atoms with E-state index in [0.29, 0.717) is 23.9 Å². The zero-order valence-corrected chi connectivity index (χ0v) is 18.2. The highest BCUT2D eigenvalue weighted by Crippen LogP contribution is 2.25. The number of carbonyl (C=O) groups is 2. The number of benzene rings is 2. The summed E-state index contributed by atoms with van der Waals surface area (Å²) in [6.07, 6.45) is 5.55. The van der Waals surface area contributed by atoms with E-state index in [-0.39, 0.29) is 18.2 Å². The average Bonchev–Trinajstić information content (AvgIpc) is 3.03. The topological polar surface area (TPSA) is 58.6 Å². The molecule has 0 radical (unpaired) electrons. The number of nitrogens with zero attached hydrogens (tertiary/aromatic N) is 1. The molecule has 1 saturated heterocycles. The number of nitrogens with one attached hydrogen (secondary N) is 1. The molecular formula is C24H29ClN2O3. The molecule has 0 aliphatic carbocycles. The van der Waals surface area contributed by atoms with Gasteiger partial charge in [-0.05, 0) is 61.3 Å². The van der Waals surface area contributed by atoms with Gasteiger partial charge in [-0.1, -0.05) is 49.9 Å². The molecule has 0 bridgehead atoms. The second-order valence-corrected chi connectivity index (χ2v) is 7.99. The third kappa shape index (κ3) is 6.07. The van der Waals surface area contributed by atoms with Crippen molar-refractivity contribution >= 4 is 29.1 Å². The first-order chi connectivity index (χ1) is 14.6. The second kappa shape index (κ2) is 11.1. The highest BCUT2D eigenvalue weighted by Gasteiger charge is 2.39. The summed E-state index contributed by atoms with van der Waals surface area (Å²) in [7, 11) is 0. The number of amides is 2. The SMILES string of the molecule is CCCCCCOc1ccc(N2C(=O)C[C@@H](NCCc3ccc(Cl)cc3)C2=O)cc1. The molecule has 6 heteroatoms. The predicted molar refractivity (Wildman–Crippen MR) is 120 cm³/mol. The fourth-order valence-electron chi connectivity index (χ4n) is 3.51. The molecule has 3 rings (SSSR count). The minimum absolute atomic E-state index is 0.176. The summed E-state index contributed by atoms with van der Waals surface area (Å²) in [6.45, 7) is 3.48. The molecule has 1 N–H and O–H groups in total. The summed E-state index contributed by atoms with van der Waals surface area (Å²) in [5, 5.41) is 3.91. The Balaban J connectivity index is 1.49. The van der Waals surface area contributed by atoms with Gasteiger partial charge in [-0.15, -0.1) is 0 Å². The molecule has 2 aromatic carbocycles. The predicted octanol–water partition coefficient (Wildman–Crippen LogP) is 4.76. The van der Waals surface area contributed by atoms with Gasteiger partial charge in [0.05, 0.1) is 24.8 Å². The molecule has 2 aromatic rings. The van der Waals surface area contributed by atoms with E-state index in [1.165, 1.54) is 17.7 Å². The van der Waals surface area contributed by atoms with Gasteiger partial charge < -0.3 is 10.1 Å². The Hall–Kier alpha value is -2.37. The summed E-state index contributed by atoms with van der Waals surface area (Å²) in [6, 6.07) is 14.3. The maximum Gasteiger partial charge on any atom is 0.251 e. The van der Waals surface area contributed by atoms with Crippen molar-refractivity contribution < 1.29 is 14.3 Å². The standard InChI is InChI=1S/C24H29ClN2O3/c1-2-3-4-5-16-30-21-12-10-20(11-13-21)27-23(28)17-22(24(27)29)26-15-14-18-6-8-19(25)9-7-18/h6-13,22,26H,2-5,14-17H2,1H3/t22-/m1/s1. The third-order valence-corrected chi connectivity index (χ3v) is 5.48. The van der Waals surface area contributed by atoms with Crippen molar-refractivity contribution in [3.05, 3.63) is 59.1 Å². The van der Waals surface area contributed by atoms with E-state index in [4.69, 9.17) is 16.3 Å². The summed E-state index contributed by atoms with van der Waals surface area (Å²) in [4.78, 5) is 26.5. The molecule has 5 nitrogen and oxygen atoms in total. The Morgan fingerprint density at radius 3 is 2.47 bits per heavy atom. The van der Waals surface area contributed by atoms with E-state index in [9.17, 15) is 9.59 Å². The largest absolute Gasteiger partial charge is 0.494 e. The Bertz CT molecular complexity index is 837. The van der Waals surface area contributed by atoms with Gasteiger partial charge in [0.25, 0.3) is 5.91 Å². The van der Waals surface area contributed by atoms with Crippen LogP contribution in [0, 0.1) is 0 Å². The minimum atomic E-state index is -0.487. The van der Waals surface area contributed by atoms with E-state index >= 15 is 0 Å². The number of rotatable bonds is 11. The Morgan fingerprint density at radius 2 is 1.77 bits per heavy atom. The molecule has 1 fully saturated rings. The summed E-state index contributed by atoms with van der Waals surface area (Å²) in [5.41, 5.74) is 1.72. The van der Waals surface area contributed by atoms with Gasteiger partial charge in [-0.25, -0.2) is 4.90 Å². The lowest BCUT2D eigenvalue weighted by atomic mass is 10.1. The number of anilines is 1. The molecule has 1 aliphatic rings. The number of unbranched alkanes of at least 4 members (excludes halogenated alkanes) is 3. The average molecular weight is 429 g/mol. The van der Waals surface area contributed by atoms with Crippen LogP contribution in [0.1, 0.15) is 44.6 Å². The molecule has 1 atom stereocenters. The maximum atomic E-state index is 12.8. The van der Waals surface area contributed by atoms with Crippen LogP contribution in [0.3, 0.4) is 0 Å². The van der Waals surface area contributed by atoms with Crippen molar-refractivity contribution in [2.45, 2.75) is 51.5 Å². The number of halogens is 1. The molecular weight excluding hydrogens is 400 g/mol. The van der Waals surface area contributed by atoms with Gasteiger partial charge >= 0.3 is 0 Å². The summed E-state index contributed by atoms with van der Waals surface area (Å²) in [5.74, 6) is 0.369. The van der Waals surface area contributed by atoms with Crippen molar-refractivity contribution in [2.24, 2.45) is 0 Å². The smallest absolute Gasteiger partial charge is 0.251 e. The molecule has 1 heterocycles. The Morgan fingerprint density at radius 1 is 1.03 bits per heavy atom. The van der Waals surface area contributed by atoms with E-state index < -0.39 is 6.04 Å². The zero-order valence-electron chi connectivity index (χ0n) is 17.4. The van der Waals surface area contributed by atoms with Crippen molar-refractivity contribution in [1.29, 1.82) is 0 Å². The van der Waals surface area contributed by atoms with E-state index in [1.807, 2.05) is 36.4 Å². The highest BCUT2D eigenvalue weighted by atomic mass is 35.5. The van der Waals surface area contributed by atoms with Crippen LogP contribution in [0.2, 0.25) is 5.02 Å². The Labute approximate surface area is 183 Å². The molecule has 30 heavy (non-hydrogen) atoms. The Kier molecular flexibility index (Phi) is 8.29. The lowest BCUT2D eigenvalue weighted by Gasteiger charge is -2.16. The van der Waals surface area contributed by atoms with Gasteiger partial charge in [0, 0.05) is 5.02 Å². The van der Waals surface area contributed by atoms with Crippen LogP contribution in [0.5, 0.6) is 5.75 Å². The van der Waals surface area contributed by atoms with E-state index in [1.54, 1.807) is 12.1 Å². The van der Waals surface area contributed by atoms with E-state index in [2.05, 4.69) is 12.2 Å². The first-order valence-corrected chi connectivity index (χ1v) is 11.0. The van der Waals surface area contributed by atoms with Gasteiger partial charge in [-0.3, -0.25) is 9.59 Å². The van der Waals surface area contributed by atoms with Crippen molar-refractivity contribution in [2.75, 3.05) is 18.1 Å². The van der Waals surface area contributed by atoms with Gasteiger partial charge in [-0.2, -0.15) is 0 Å². The molecule has 0 aromatic heterocycles. The van der Waals surface area contributed by atoms with Gasteiger partial charge in [0.15, 0.2) is 0 Å². The van der Waals surface area contributed by atoms with Crippen molar-refractivity contribution in [3.8, 4) is 5.75 Å². The first-order valence-electron chi connectivity index (χ1n) is 10.7. The number of carbonyl (C=O) groups excluding carboxylic acids is 2. The highest BCUT2D eigenvalue weighted by molar-refractivity contribution is 6.30. The lowest BCUT2D eigenvalue weighted by molar-refractivity contribution is -0.121. The van der Waals surface area contributed by atoms with Crippen LogP contribution >= 0.6 is 11.6 Å². The summed E-state index contributed by atoms with van der Waals surface area (Å²) >= 11 is 5.90. The second-order valence-electron chi connectivity index (χ2n) is 7.56. The quantitative estimate of drug-likeness (QED) is 0.414. The molecule has 2 amide bonds. The van der Waals surface area contributed by atoms with Crippen LogP contribution in [0.15, 0.2) is 48.5 Å². The first kappa shape index (κ1) is 22.3. The van der Waals surface area contributed by atoms with Crippen LogP contribution in [-0.4, -0.2) is 31.0 Å². The molecule has 1 aliphatic heterocycles.